The fourth-order valence-corrected chi connectivity index (χ4v) is 2.26. The predicted molar refractivity (Wildman–Crippen MR) is 103 cm³/mol. The van der Waals surface area contributed by atoms with Crippen LogP contribution < -0.4 is 10.6 Å². The van der Waals surface area contributed by atoms with Crippen molar-refractivity contribution in [3.8, 4) is 0 Å². The van der Waals surface area contributed by atoms with Crippen LogP contribution in [0.1, 0.15) is 42.3 Å². The van der Waals surface area contributed by atoms with E-state index in [4.69, 9.17) is 0 Å². The number of nitrogens with one attached hydrogen (secondary N) is 2. The van der Waals surface area contributed by atoms with E-state index in [1.807, 2.05) is 20.8 Å². The maximum atomic E-state index is 12.5. The molecule has 2 rings (SSSR count). The van der Waals surface area contributed by atoms with E-state index in [0.717, 1.165) is 12.1 Å². The second kappa shape index (κ2) is 8.29. The third-order valence-electron chi connectivity index (χ3n) is 3.57. The van der Waals surface area contributed by atoms with Gasteiger partial charge in [-0.3, -0.25) is 9.59 Å². The summed E-state index contributed by atoms with van der Waals surface area (Å²) in [7, 11) is 0. The van der Waals surface area contributed by atoms with E-state index in [2.05, 4.69) is 10.6 Å². The molecule has 0 aliphatic heterocycles. The fraction of sp³-hybridized carbons (Fsp3) is 0.238. The number of carbonyl (C=O) groups excluding carboxylic acids is 2. The standard InChI is InChI=1S/C21H21F3N2O2/c1-20(2,3)26-19(28)15-7-11-17(12-8-15)25-18(27)13-6-14-4-9-16(10-5-14)21(22,23)24/h4-13H,1-3H3,(H,25,27)(H,26,28)/b13-6+. The minimum Gasteiger partial charge on any atom is -0.347 e. The number of rotatable bonds is 4. The number of benzene rings is 2. The van der Waals surface area contributed by atoms with E-state index in [1.54, 1.807) is 24.3 Å². The van der Waals surface area contributed by atoms with Crippen molar-refractivity contribution >= 4 is 23.6 Å². The Kier molecular flexibility index (Phi) is 6.28. The van der Waals surface area contributed by atoms with Crippen LogP contribution in [0.5, 0.6) is 0 Å². The topological polar surface area (TPSA) is 58.2 Å². The normalized spacial score (nSPS) is 12.1. The van der Waals surface area contributed by atoms with E-state index >= 15 is 0 Å². The zero-order valence-electron chi connectivity index (χ0n) is 15.7. The first kappa shape index (κ1) is 21.2. The third-order valence-corrected chi connectivity index (χ3v) is 3.57. The second-order valence-corrected chi connectivity index (χ2v) is 7.22. The van der Waals surface area contributed by atoms with Crippen molar-refractivity contribution < 1.29 is 22.8 Å². The molecule has 0 aliphatic carbocycles. The van der Waals surface area contributed by atoms with E-state index < -0.39 is 17.6 Å². The summed E-state index contributed by atoms with van der Waals surface area (Å²) in [6.45, 7) is 5.63. The summed E-state index contributed by atoms with van der Waals surface area (Å²) < 4.78 is 37.6. The molecule has 148 valence electrons. The summed E-state index contributed by atoms with van der Waals surface area (Å²) in [4.78, 5) is 24.0. The lowest BCUT2D eigenvalue weighted by Gasteiger charge is -2.20. The molecule has 2 amide bonds. The maximum absolute atomic E-state index is 12.5. The van der Waals surface area contributed by atoms with Crippen molar-refractivity contribution in [1.29, 1.82) is 0 Å². The summed E-state index contributed by atoms with van der Waals surface area (Å²) in [5, 5.41) is 5.46. The van der Waals surface area contributed by atoms with Crippen LogP contribution in [0.3, 0.4) is 0 Å². The Balaban J connectivity index is 1.95. The highest BCUT2D eigenvalue weighted by Gasteiger charge is 2.29. The van der Waals surface area contributed by atoms with Gasteiger partial charge in [0, 0.05) is 22.9 Å². The molecule has 0 aliphatic rings. The van der Waals surface area contributed by atoms with Crippen LogP contribution in [0.15, 0.2) is 54.6 Å². The van der Waals surface area contributed by atoms with Gasteiger partial charge in [-0.05, 0) is 68.8 Å². The Bertz CT molecular complexity index is 863. The lowest BCUT2D eigenvalue weighted by molar-refractivity contribution is -0.137. The van der Waals surface area contributed by atoms with Crippen molar-refractivity contribution in [3.63, 3.8) is 0 Å². The number of amides is 2. The van der Waals surface area contributed by atoms with Gasteiger partial charge < -0.3 is 10.6 Å². The molecule has 0 fully saturated rings. The fourth-order valence-electron chi connectivity index (χ4n) is 2.26. The molecule has 0 atom stereocenters. The van der Waals surface area contributed by atoms with Gasteiger partial charge in [-0.25, -0.2) is 0 Å². The number of anilines is 1. The molecule has 0 radical (unpaired) electrons. The second-order valence-electron chi connectivity index (χ2n) is 7.22. The van der Waals surface area contributed by atoms with Crippen molar-refractivity contribution in [2.24, 2.45) is 0 Å². The Morgan fingerprint density at radius 3 is 1.96 bits per heavy atom. The minimum absolute atomic E-state index is 0.215. The average Bonchev–Trinajstić information content (AvgIpc) is 2.59. The number of halogens is 3. The molecule has 2 N–H and O–H groups in total. The lowest BCUT2D eigenvalue weighted by atomic mass is 10.1. The number of hydrogen-bond acceptors (Lipinski definition) is 2. The first-order valence-corrected chi connectivity index (χ1v) is 8.53. The van der Waals surface area contributed by atoms with Crippen molar-refractivity contribution in [2.45, 2.75) is 32.5 Å². The molecule has 0 aromatic heterocycles. The first-order valence-electron chi connectivity index (χ1n) is 8.53. The number of alkyl halides is 3. The molecule has 4 nitrogen and oxygen atoms in total. The van der Waals surface area contributed by atoms with Crippen molar-refractivity contribution in [2.75, 3.05) is 5.32 Å². The molecule has 28 heavy (non-hydrogen) atoms. The van der Waals surface area contributed by atoms with Crippen LogP contribution in [-0.2, 0) is 11.0 Å². The van der Waals surface area contributed by atoms with Crippen LogP contribution >= 0.6 is 0 Å². The van der Waals surface area contributed by atoms with Gasteiger partial charge in [-0.15, -0.1) is 0 Å². The first-order chi connectivity index (χ1) is 12.9. The maximum Gasteiger partial charge on any atom is 0.416 e. The quantitative estimate of drug-likeness (QED) is 0.731. The zero-order valence-corrected chi connectivity index (χ0v) is 15.7. The number of hydrogen-bond donors (Lipinski definition) is 2. The molecule has 0 unspecified atom stereocenters. The Morgan fingerprint density at radius 1 is 0.893 bits per heavy atom. The SMILES string of the molecule is CC(C)(C)NC(=O)c1ccc(NC(=O)/C=C/c2ccc(C(F)(F)F)cc2)cc1. The summed E-state index contributed by atoms with van der Waals surface area (Å²) >= 11 is 0. The largest absolute Gasteiger partial charge is 0.416 e. The number of carbonyl (C=O) groups is 2. The van der Waals surface area contributed by atoms with Crippen molar-refractivity contribution in [1.82, 2.24) is 5.32 Å². The zero-order chi connectivity index (χ0) is 20.9. The summed E-state index contributed by atoms with van der Waals surface area (Å²) in [5.74, 6) is -0.653. The van der Waals surface area contributed by atoms with Gasteiger partial charge in [0.05, 0.1) is 5.56 Å². The Labute approximate surface area is 161 Å². The molecule has 0 heterocycles. The minimum atomic E-state index is -4.39. The van der Waals surface area contributed by atoms with Gasteiger partial charge in [0.1, 0.15) is 0 Å². The van der Waals surface area contributed by atoms with Gasteiger partial charge in [0.25, 0.3) is 5.91 Å². The predicted octanol–water partition coefficient (Wildman–Crippen LogP) is 4.89. The molecule has 0 bridgehead atoms. The van der Waals surface area contributed by atoms with E-state index in [-0.39, 0.29) is 11.4 Å². The molecular formula is C21H21F3N2O2. The van der Waals surface area contributed by atoms with Crippen LogP contribution in [0.4, 0.5) is 18.9 Å². The van der Waals surface area contributed by atoms with Crippen LogP contribution in [0.2, 0.25) is 0 Å². The summed E-state index contributed by atoms with van der Waals surface area (Å²) in [6, 6.07) is 10.9. The van der Waals surface area contributed by atoms with E-state index in [9.17, 15) is 22.8 Å². The smallest absolute Gasteiger partial charge is 0.347 e. The van der Waals surface area contributed by atoms with Crippen LogP contribution in [0, 0.1) is 0 Å². The van der Waals surface area contributed by atoms with Crippen LogP contribution in [-0.4, -0.2) is 17.4 Å². The molecule has 2 aromatic rings. The molecule has 0 saturated carbocycles. The Hall–Kier alpha value is -3.09. The van der Waals surface area contributed by atoms with Crippen molar-refractivity contribution in [3.05, 3.63) is 71.3 Å². The third kappa shape index (κ3) is 6.57. The van der Waals surface area contributed by atoms with E-state index in [1.165, 1.54) is 24.3 Å². The van der Waals surface area contributed by atoms with Gasteiger partial charge in [0.15, 0.2) is 0 Å². The average molecular weight is 390 g/mol. The summed E-state index contributed by atoms with van der Waals surface area (Å²) in [6.07, 6.45) is -1.75. The van der Waals surface area contributed by atoms with Crippen LogP contribution in [0.25, 0.3) is 6.08 Å². The Morgan fingerprint density at radius 2 is 1.46 bits per heavy atom. The van der Waals surface area contributed by atoms with Gasteiger partial charge in [-0.2, -0.15) is 13.2 Å². The van der Waals surface area contributed by atoms with Gasteiger partial charge in [-0.1, -0.05) is 12.1 Å². The molecular weight excluding hydrogens is 369 g/mol. The molecule has 0 spiro atoms. The molecule has 0 saturated heterocycles. The van der Waals surface area contributed by atoms with E-state index in [0.29, 0.717) is 16.8 Å². The van der Waals surface area contributed by atoms with Gasteiger partial charge >= 0.3 is 6.18 Å². The highest BCUT2D eigenvalue weighted by atomic mass is 19.4. The van der Waals surface area contributed by atoms with Gasteiger partial charge in [0.2, 0.25) is 5.91 Å². The summed E-state index contributed by atoms with van der Waals surface area (Å²) in [5.41, 5.74) is 0.331. The monoisotopic (exact) mass is 390 g/mol. The highest BCUT2D eigenvalue weighted by Crippen LogP contribution is 2.29. The molecule has 7 heteroatoms. The lowest BCUT2D eigenvalue weighted by Crippen LogP contribution is -2.40. The molecule has 2 aromatic carbocycles. The highest BCUT2D eigenvalue weighted by molar-refractivity contribution is 6.02.